The zero-order valence-electron chi connectivity index (χ0n) is 11.7. The minimum absolute atomic E-state index is 0.249. The van der Waals surface area contributed by atoms with Crippen LogP contribution in [-0.2, 0) is 6.54 Å². The maximum atomic E-state index is 4.39. The van der Waals surface area contributed by atoms with Gasteiger partial charge in [-0.1, -0.05) is 54.6 Å². The van der Waals surface area contributed by atoms with E-state index < -0.39 is 0 Å². The molecule has 1 heterocycles. The molecule has 0 radical (unpaired) electrons. The molecule has 2 aromatic carbocycles. The number of aromatic nitrogens is 1. The summed E-state index contributed by atoms with van der Waals surface area (Å²) in [6, 6.07) is 23.6. The van der Waals surface area contributed by atoms with Crippen LogP contribution in [0.4, 0.5) is 0 Å². The molecule has 2 heteroatoms. The molecule has 0 amide bonds. The van der Waals surface area contributed by atoms with Gasteiger partial charge in [-0.2, -0.15) is 0 Å². The molecule has 1 aliphatic rings. The summed E-state index contributed by atoms with van der Waals surface area (Å²) in [7, 11) is 0. The molecule has 102 valence electrons. The van der Waals surface area contributed by atoms with E-state index in [1.54, 1.807) is 0 Å². The summed E-state index contributed by atoms with van der Waals surface area (Å²) in [4.78, 5) is 4.39. The van der Waals surface area contributed by atoms with Crippen molar-refractivity contribution >= 4 is 0 Å². The largest absolute Gasteiger partial charge is 0.301 e. The second-order valence-corrected chi connectivity index (χ2v) is 5.31. The van der Waals surface area contributed by atoms with Crippen LogP contribution in [0.2, 0.25) is 0 Å². The van der Waals surface area contributed by atoms with E-state index in [9.17, 15) is 0 Å². The van der Waals surface area contributed by atoms with Gasteiger partial charge in [0.1, 0.15) is 0 Å². The zero-order valence-corrected chi connectivity index (χ0v) is 11.7. The molecule has 0 unspecified atom stereocenters. The summed E-state index contributed by atoms with van der Waals surface area (Å²) in [6.07, 6.45) is 1.84. The SMILES string of the molecule is c1ccc(CNC2c3ccccc3-c3ccccc32)nc1. The molecule has 0 bridgehead atoms. The van der Waals surface area contributed by atoms with Crippen LogP contribution in [0, 0.1) is 0 Å². The molecule has 4 rings (SSSR count). The summed E-state index contributed by atoms with van der Waals surface area (Å²) in [5, 5.41) is 3.65. The van der Waals surface area contributed by atoms with Crippen LogP contribution in [0.1, 0.15) is 22.9 Å². The first-order valence-corrected chi connectivity index (χ1v) is 7.25. The third-order valence-electron chi connectivity index (χ3n) is 4.05. The van der Waals surface area contributed by atoms with Crippen LogP contribution in [0.5, 0.6) is 0 Å². The topological polar surface area (TPSA) is 24.9 Å². The van der Waals surface area contributed by atoms with E-state index in [0.717, 1.165) is 12.2 Å². The van der Waals surface area contributed by atoms with Gasteiger partial charge in [-0.15, -0.1) is 0 Å². The van der Waals surface area contributed by atoms with Crippen molar-refractivity contribution < 1.29 is 0 Å². The van der Waals surface area contributed by atoms with Crippen molar-refractivity contribution in [2.45, 2.75) is 12.6 Å². The number of benzene rings is 2. The van der Waals surface area contributed by atoms with Crippen LogP contribution in [0.15, 0.2) is 72.9 Å². The number of nitrogens with zero attached hydrogens (tertiary/aromatic N) is 1. The van der Waals surface area contributed by atoms with E-state index >= 15 is 0 Å². The monoisotopic (exact) mass is 272 g/mol. The van der Waals surface area contributed by atoms with Crippen molar-refractivity contribution in [3.63, 3.8) is 0 Å². The molecule has 0 aliphatic heterocycles. The van der Waals surface area contributed by atoms with Gasteiger partial charge in [0.15, 0.2) is 0 Å². The highest BCUT2D eigenvalue weighted by Crippen LogP contribution is 2.42. The third kappa shape index (κ3) is 2.14. The first-order valence-electron chi connectivity index (χ1n) is 7.25. The summed E-state index contributed by atoms with van der Waals surface area (Å²) in [6.45, 7) is 0.772. The Kier molecular flexibility index (Phi) is 3.02. The lowest BCUT2D eigenvalue weighted by Crippen LogP contribution is -2.20. The Morgan fingerprint density at radius 2 is 1.38 bits per heavy atom. The molecule has 0 atom stereocenters. The Labute approximate surface area is 124 Å². The van der Waals surface area contributed by atoms with Crippen molar-refractivity contribution in [3.05, 3.63) is 89.7 Å². The van der Waals surface area contributed by atoms with Crippen LogP contribution in [-0.4, -0.2) is 4.98 Å². The number of hydrogen-bond acceptors (Lipinski definition) is 2. The Morgan fingerprint density at radius 1 is 0.762 bits per heavy atom. The van der Waals surface area contributed by atoms with E-state index in [0.29, 0.717) is 0 Å². The molecule has 0 fully saturated rings. The molecule has 1 aliphatic carbocycles. The summed E-state index contributed by atoms with van der Waals surface area (Å²) >= 11 is 0. The Balaban J connectivity index is 1.69. The van der Waals surface area contributed by atoms with Crippen molar-refractivity contribution in [2.75, 3.05) is 0 Å². The minimum atomic E-state index is 0.249. The molecule has 0 saturated carbocycles. The lowest BCUT2D eigenvalue weighted by Gasteiger charge is -2.15. The van der Waals surface area contributed by atoms with Gasteiger partial charge >= 0.3 is 0 Å². The van der Waals surface area contributed by atoms with Crippen LogP contribution in [0.25, 0.3) is 11.1 Å². The smallest absolute Gasteiger partial charge is 0.0592 e. The van der Waals surface area contributed by atoms with E-state index in [4.69, 9.17) is 0 Å². The molecule has 2 nitrogen and oxygen atoms in total. The average Bonchev–Trinajstić information content (AvgIpc) is 2.88. The van der Waals surface area contributed by atoms with Crippen molar-refractivity contribution in [3.8, 4) is 11.1 Å². The fourth-order valence-electron chi connectivity index (χ4n) is 3.08. The number of rotatable bonds is 3. The molecule has 21 heavy (non-hydrogen) atoms. The second-order valence-electron chi connectivity index (χ2n) is 5.31. The van der Waals surface area contributed by atoms with E-state index in [2.05, 4.69) is 64.9 Å². The molecule has 1 N–H and O–H groups in total. The Morgan fingerprint density at radius 3 is 2.00 bits per heavy atom. The van der Waals surface area contributed by atoms with Gasteiger partial charge in [-0.25, -0.2) is 0 Å². The lowest BCUT2D eigenvalue weighted by molar-refractivity contribution is 0.607. The van der Waals surface area contributed by atoms with Gasteiger partial charge in [-0.05, 0) is 34.4 Å². The van der Waals surface area contributed by atoms with Crippen molar-refractivity contribution in [2.24, 2.45) is 0 Å². The quantitative estimate of drug-likeness (QED) is 0.781. The molecule has 0 spiro atoms. The highest BCUT2D eigenvalue weighted by atomic mass is 14.9. The van der Waals surface area contributed by atoms with Gasteiger partial charge in [0.2, 0.25) is 0 Å². The maximum Gasteiger partial charge on any atom is 0.0592 e. The minimum Gasteiger partial charge on any atom is -0.301 e. The first-order chi connectivity index (χ1) is 10.4. The predicted molar refractivity (Wildman–Crippen MR) is 84.8 cm³/mol. The summed E-state index contributed by atoms with van der Waals surface area (Å²) < 4.78 is 0. The highest BCUT2D eigenvalue weighted by Gasteiger charge is 2.27. The predicted octanol–water partition coefficient (Wildman–Crippen LogP) is 3.94. The standard InChI is InChI=1S/C19H16N2/c1-3-10-17-15(8-1)16-9-2-4-11-18(16)19(17)21-13-14-7-5-6-12-20-14/h1-12,19,21H,13H2. The van der Waals surface area contributed by atoms with Crippen molar-refractivity contribution in [1.29, 1.82) is 0 Å². The van der Waals surface area contributed by atoms with Crippen LogP contribution < -0.4 is 5.32 Å². The average molecular weight is 272 g/mol. The Hall–Kier alpha value is -2.45. The summed E-state index contributed by atoms with van der Waals surface area (Å²) in [5.74, 6) is 0. The fourth-order valence-corrected chi connectivity index (χ4v) is 3.08. The van der Waals surface area contributed by atoms with Gasteiger partial charge in [-0.3, -0.25) is 4.98 Å². The van der Waals surface area contributed by atoms with Crippen LogP contribution in [0.3, 0.4) is 0 Å². The molecule has 3 aromatic rings. The first kappa shape index (κ1) is 12.3. The molecular formula is C19H16N2. The number of hydrogen-bond donors (Lipinski definition) is 1. The van der Waals surface area contributed by atoms with E-state index in [1.807, 2.05) is 18.3 Å². The normalized spacial score (nSPS) is 13.0. The van der Waals surface area contributed by atoms with Gasteiger partial charge in [0.25, 0.3) is 0 Å². The Bertz CT molecular complexity index is 720. The van der Waals surface area contributed by atoms with E-state index in [-0.39, 0.29) is 6.04 Å². The molecule has 1 aromatic heterocycles. The molecular weight excluding hydrogens is 256 g/mol. The zero-order chi connectivity index (χ0) is 14.1. The number of nitrogens with one attached hydrogen (secondary N) is 1. The number of fused-ring (bicyclic) bond motifs is 3. The van der Waals surface area contributed by atoms with Gasteiger partial charge in [0.05, 0.1) is 11.7 Å². The second kappa shape index (κ2) is 5.15. The van der Waals surface area contributed by atoms with Gasteiger partial charge in [0, 0.05) is 12.7 Å². The number of pyridine rings is 1. The van der Waals surface area contributed by atoms with Crippen LogP contribution >= 0.6 is 0 Å². The maximum absolute atomic E-state index is 4.39. The third-order valence-corrected chi connectivity index (χ3v) is 4.05. The summed E-state index contributed by atoms with van der Waals surface area (Å²) in [5.41, 5.74) is 6.46. The molecule has 0 saturated heterocycles. The van der Waals surface area contributed by atoms with Gasteiger partial charge < -0.3 is 5.32 Å². The highest BCUT2D eigenvalue weighted by molar-refractivity contribution is 5.78. The fraction of sp³-hybridized carbons (Fsp3) is 0.105. The lowest BCUT2D eigenvalue weighted by atomic mass is 10.1. The van der Waals surface area contributed by atoms with E-state index in [1.165, 1.54) is 22.3 Å². The van der Waals surface area contributed by atoms with Crippen molar-refractivity contribution in [1.82, 2.24) is 10.3 Å².